The summed E-state index contributed by atoms with van der Waals surface area (Å²) < 4.78 is 28.1. The van der Waals surface area contributed by atoms with Crippen LogP contribution in [0.3, 0.4) is 0 Å². The predicted octanol–water partition coefficient (Wildman–Crippen LogP) is 2.63. The van der Waals surface area contributed by atoms with Gasteiger partial charge in [0, 0.05) is 12.1 Å². The van der Waals surface area contributed by atoms with Gasteiger partial charge in [0.05, 0.1) is 4.90 Å². The summed E-state index contributed by atoms with van der Waals surface area (Å²) in [4.78, 5) is 0.343. The Labute approximate surface area is 138 Å². The van der Waals surface area contributed by atoms with E-state index in [1.54, 1.807) is 12.1 Å². The Kier molecular flexibility index (Phi) is 5.10. The first-order valence-corrected chi connectivity index (χ1v) is 9.50. The van der Waals surface area contributed by atoms with Gasteiger partial charge in [-0.05, 0) is 43.5 Å². The Morgan fingerprint density at radius 1 is 1.04 bits per heavy atom. The van der Waals surface area contributed by atoms with E-state index in [1.165, 1.54) is 0 Å². The zero-order chi connectivity index (χ0) is 16.1. The van der Waals surface area contributed by atoms with Crippen LogP contribution in [0.4, 0.5) is 0 Å². The SMILES string of the molecule is O=S(=O)(NCCC1CCNC1)c1ccccc1-c1ccccc1. The molecule has 1 fully saturated rings. The van der Waals surface area contributed by atoms with E-state index in [0.29, 0.717) is 17.4 Å². The molecule has 5 heteroatoms. The molecule has 1 aliphatic rings. The molecule has 0 saturated carbocycles. The summed E-state index contributed by atoms with van der Waals surface area (Å²) in [7, 11) is -3.50. The molecule has 2 N–H and O–H groups in total. The first kappa shape index (κ1) is 16.2. The highest BCUT2D eigenvalue weighted by Gasteiger charge is 2.20. The number of hydrogen-bond acceptors (Lipinski definition) is 3. The molecule has 0 aromatic heterocycles. The van der Waals surface area contributed by atoms with Crippen LogP contribution in [-0.2, 0) is 10.0 Å². The Morgan fingerprint density at radius 2 is 1.78 bits per heavy atom. The molecule has 23 heavy (non-hydrogen) atoms. The van der Waals surface area contributed by atoms with Gasteiger partial charge in [0.2, 0.25) is 10.0 Å². The van der Waals surface area contributed by atoms with Crippen LogP contribution >= 0.6 is 0 Å². The maximum Gasteiger partial charge on any atom is 0.241 e. The summed E-state index contributed by atoms with van der Waals surface area (Å²) in [6, 6.07) is 16.8. The van der Waals surface area contributed by atoms with Crippen LogP contribution in [-0.4, -0.2) is 28.1 Å². The monoisotopic (exact) mass is 330 g/mol. The van der Waals surface area contributed by atoms with Gasteiger partial charge in [-0.2, -0.15) is 0 Å². The first-order valence-electron chi connectivity index (χ1n) is 8.02. The normalized spacial score (nSPS) is 18.2. The standard InChI is InChI=1S/C18H22N2O2S/c21-23(22,20-13-11-15-10-12-19-14-15)18-9-5-4-8-17(18)16-6-2-1-3-7-16/h1-9,15,19-20H,10-14H2. The van der Waals surface area contributed by atoms with Crippen LogP contribution in [0.1, 0.15) is 12.8 Å². The Bertz CT molecular complexity index is 739. The second-order valence-corrected chi connectivity index (χ2v) is 7.64. The molecular weight excluding hydrogens is 308 g/mol. The van der Waals surface area contributed by atoms with Gasteiger partial charge in [0.15, 0.2) is 0 Å². The van der Waals surface area contributed by atoms with Crippen LogP contribution in [0, 0.1) is 5.92 Å². The van der Waals surface area contributed by atoms with E-state index in [-0.39, 0.29) is 0 Å². The number of nitrogens with one attached hydrogen (secondary N) is 2. The third-order valence-electron chi connectivity index (χ3n) is 4.27. The largest absolute Gasteiger partial charge is 0.316 e. The fourth-order valence-corrected chi connectivity index (χ4v) is 4.27. The average Bonchev–Trinajstić information content (AvgIpc) is 3.09. The van der Waals surface area contributed by atoms with E-state index >= 15 is 0 Å². The molecule has 1 saturated heterocycles. The van der Waals surface area contributed by atoms with E-state index < -0.39 is 10.0 Å². The van der Waals surface area contributed by atoms with Crippen molar-refractivity contribution in [3.05, 3.63) is 54.6 Å². The summed E-state index contributed by atoms with van der Waals surface area (Å²) in [6.45, 7) is 2.51. The molecule has 1 unspecified atom stereocenters. The van der Waals surface area contributed by atoms with Crippen molar-refractivity contribution >= 4 is 10.0 Å². The van der Waals surface area contributed by atoms with E-state index in [1.807, 2.05) is 42.5 Å². The molecule has 2 aromatic carbocycles. The molecular formula is C18H22N2O2S. The highest BCUT2D eigenvalue weighted by molar-refractivity contribution is 7.89. The Morgan fingerprint density at radius 3 is 2.52 bits per heavy atom. The van der Waals surface area contributed by atoms with Crippen molar-refractivity contribution in [2.75, 3.05) is 19.6 Å². The fraction of sp³-hybridized carbons (Fsp3) is 0.333. The van der Waals surface area contributed by atoms with Crippen molar-refractivity contribution < 1.29 is 8.42 Å². The smallest absolute Gasteiger partial charge is 0.241 e. The molecule has 1 heterocycles. The molecule has 1 aliphatic heterocycles. The minimum absolute atomic E-state index is 0.343. The van der Waals surface area contributed by atoms with Gasteiger partial charge in [-0.1, -0.05) is 48.5 Å². The summed E-state index contributed by atoms with van der Waals surface area (Å²) in [5.74, 6) is 0.571. The molecule has 3 rings (SSSR count). The van der Waals surface area contributed by atoms with E-state index in [0.717, 1.165) is 37.1 Å². The minimum atomic E-state index is -3.50. The average molecular weight is 330 g/mol. The lowest BCUT2D eigenvalue weighted by molar-refractivity contribution is 0.519. The Hall–Kier alpha value is -1.69. The molecule has 0 spiro atoms. The van der Waals surface area contributed by atoms with Crippen molar-refractivity contribution in [3.63, 3.8) is 0 Å². The summed E-state index contributed by atoms with van der Waals surface area (Å²) >= 11 is 0. The molecule has 0 radical (unpaired) electrons. The van der Waals surface area contributed by atoms with Gasteiger partial charge in [-0.15, -0.1) is 0 Å². The maximum atomic E-state index is 12.7. The molecule has 2 aromatic rings. The second kappa shape index (κ2) is 7.25. The molecule has 4 nitrogen and oxygen atoms in total. The van der Waals surface area contributed by atoms with E-state index in [4.69, 9.17) is 0 Å². The highest BCUT2D eigenvalue weighted by atomic mass is 32.2. The van der Waals surface area contributed by atoms with Crippen molar-refractivity contribution in [2.24, 2.45) is 5.92 Å². The number of hydrogen-bond donors (Lipinski definition) is 2. The zero-order valence-corrected chi connectivity index (χ0v) is 13.9. The zero-order valence-electron chi connectivity index (χ0n) is 13.0. The quantitative estimate of drug-likeness (QED) is 0.856. The predicted molar refractivity (Wildman–Crippen MR) is 92.7 cm³/mol. The van der Waals surface area contributed by atoms with Crippen molar-refractivity contribution in [1.82, 2.24) is 10.0 Å². The number of sulfonamides is 1. The van der Waals surface area contributed by atoms with Crippen molar-refractivity contribution in [2.45, 2.75) is 17.7 Å². The van der Waals surface area contributed by atoms with Gasteiger partial charge in [-0.3, -0.25) is 0 Å². The van der Waals surface area contributed by atoms with E-state index in [9.17, 15) is 8.42 Å². The molecule has 0 aliphatic carbocycles. The number of rotatable bonds is 6. The van der Waals surface area contributed by atoms with Gasteiger partial charge in [0.25, 0.3) is 0 Å². The summed E-state index contributed by atoms with van der Waals surface area (Å²) in [5, 5.41) is 3.31. The first-order chi connectivity index (χ1) is 11.2. The van der Waals surface area contributed by atoms with Crippen LogP contribution in [0.15, 0.2) is 59.5 Å². The van der Waals surface area contributed by atoms with Crippen molar-refractivity contribution in [1.29, 1.82) is 0 Å². The molecule has 0 bridgehead atoms. The van der Waals surface area contributed by atoms with Crippen molar-refractivity contribution in [3.8, 4) is 11.1 Å². The molecule has 122 valence electrons. The van der Waals surface area contributed by atoms with Gasteiger partial charge in [0.1, 0.15) is 0 Å². The molecule has 0 amide bonds. The summed E-state index contributed by atoms with van der Waals surface area (Å²) in [5.41, 5.74) is 1.65. The topological polar surface area (TPSA) is 58.2 Å². The van der Waals surface area contributed by atoms with Gasteiger partial charge in [-0.25, -0.2) is 13.1 Å². The van der Waals surface area contributed by atoms with Gasteiger partial charge >= 0.3 is 0 Å². The Balaban J connectivity index is 1.77. The highest BCUT2D eigenvalue weighted by Crippen LogP contribution is 2.26. The van der Waals surface area contributed by atoms with Crippen LogP contribution < -0.4 is 10.0 Å². The fourth-order valence-electron chi connectivity index (χ4n) is 2.99. The van der Waals surface area contributed by atoms with Crippen LogP contribution in [0.5, 0.6) is 0 Å². The molecule has 1 atom stereocenters. The second-order valence-electron chi connectivity index (χ2n) is 5.91. The minimum Gasteiger partial charge on any atom is -0.316 e. The third-order valence-corrected chi connectivity index (χ3v) is 5.79. The van der Waals surface area contributed by atoms with Crippen LogP contribution in [0.2, 0.25) is 0 Å². The lowest BCUT2D eigenvalue weighted by Gasteiger charge is -2.13. The van der Waals surface area contributed by atoms with Crippen LogP contribution in [0.25, 0.3) is 11.1 Å². The lowest BCUT2D eigenvalue weighted by atomic mass is 10.1. The van der Waals surface area contributed by atoms with E-state index in [2.05, 4.69) is 10.0 Å². The summed E-state index contributed by atoms with van der Waals surface area (Å²) in [6.07, 6.45) is 2.00. The lowest BCUT2D eigenvalue weighted by Crippen LogP contribution is -2.27. The number of benzene rings is 2. The maximum absolute atomic E-state index is 12.7. The third kappa shape index (κ3) is 3.99. The van der Waals surface area contributed by atoms with Gasteiger partial charge < -0.3 is 5.32 Å².